The van der Waals surface area contributed by atoms with Crippen LogP contribution >= 0.6 is 23.6 Å². The van der Waals surface area contributed by atoms with E-state index >= 15 is 0 Å². The van der Waals surface area contributed by atoms with Crippen molar-refractivity contribution < 1.29 is 18.1 Å². The number of carbonyl (C=O) groups excluding carboxylic acids is 1. The minimum Gasteiger partial charge on any atom is -0.368 e. The van der Waals surface area contributed by atoms with Crippen molar-refractivity contribution in [1.82, 2.24) is 9.97 Å². The first-order valence-corrected chi connectivity index (χ1v) is 12.9. The fourth-order valence-corrected chi connectivity index (χ4v) is 5.87. The lowest BCUT2D eigenvalue weighted by molar-refractivity contribution is 0.0698. The van der Waals surface area contributed by atoms with Gasteiger partial charge in [-0.05, 0) is 71.9 Å². The lowest BCUT2D eigenvalue weighted by atomic mass is 9.94. The maximum absolute atomic E-state index is 13.9. The first kappa shape index (κ1) is 23.4. The van der Waals surface area contributed by atoms with Gasteiger partial charge in [-0.3, -0.25) is 9.93 Å². The summed E-state index contributed by atoms with van der Waals surface area (Å²) in [6, 6.07) is 6.86. The van der Waals surface area contributed by atoms with Crippen molar-refractivity contribution in [3.05, 3.63) is 75.1 Å². The smallest absolute Gasteiger partial charge is 0.208 e. The topological polar surface area (TPSA) is 99.4 Å². The number of ether oxygens (including phenoxy) is 1. The summed E-state index contributed by atoms with van der Waals surface area (Å²) in [5.74, 6) is 0.529. The summed E-state index contributed by atoms with van der Waals surface area (Å²) in [6.07, 6.45) is 6.30. The van der Waals surface area contributed by atoms with E-state index in [4.69, 9.17) is 14.1 Å². The largest absolute Gasteiger partial charge is 0.368 e. The number of aromatic nitrogens is 2. The Morgan fingerprint density at radius 3 is 3.15 bits per heavy atom. The van der Waals surface area contributed by atoms with Crippen molar-refractivity contribution in [2.24, 2.45) is 11.1 Å². The lowest BCUT2D eigenvalue weighted by Gasteiger charge is -2.25. The van der Waals surface area contributed by atoms with Gasteiger partial charge in [0.05, 0.1) is 35.9 Å². The van der Waals surface area contributed by atoms with E-state index in [1.807, 2.05) is 17.5 Å². The van der Waals surface area contributed by atoms with Crippen molar-refractivity contribution in [3.8, 4) is 0 Å². The van der Waals surface area contributed by atoms with Crippen LogP contribution in [0.25, 0.3) is 0 Å². The Labute approximate surface area is 205 Å². The molecule has 0 spiro atoms. The average molecular weight is 501 g/mol. The number of carbonyl (C=O) groups is 1. The number of fused-ring (bicyclic) bond motifs is 1. The standard InChI is InChI=1S/C24H25FN4O3S2/c25-17-3-2-15-5-6-31-23(19(15)9-17)16-8-21(33-12-16)22(30)20-10-27-13-28-24(20)29-18-4-1-14(7-18)11-32-34-26/h2-3,8-10,12-14,18,23H,1,4-7,11,26H2,(H,27,28,29)/t14-,18+,23?/m1/s1. The van der Waals surface area contributed by atoms with Gasteiger partial charge < -0.3 is 14.2 Å². The van der Waals surface area contributed by atoms with Gasteiger partial charge in [0.15, 0.2) is 0 Å². The van der Waals surface area contributed by atoms with Crippen molar-refractivity contribution in [3.63, 3.8) is 0 Å². The molecule has 5 rings (SSSR count). The molecule has 2 aliphatic rings. The van der Waals surface area contributed by atoms with Crippen molar-refractivity contribution in [2.75, 3.05) is 18.5 Å². The molecule has 2 aromatic heterocycles. The average Bonchev–Trinajstić information content (AvgIpc) is 3.52. The van der Waals surface area contributed by atoms with Gasteiger partial charge in [0.1, 0.15) is 24.1 Å². The van der Waals surface area contributed by atoms with Gasteiger partial charge in [0, 0.05) is 12.2 Å². The quantitative estimate of drug-likeness (QED) is 0.261. The molecular formula is C24H25FN4O3S2. The summed E-state index contributed by atoms with van der Waals surface area (Å²) in [5, 5.41) is 10.7. The first-order chi connectivity index (χ1) is 16.6. The first-order valence-electron chi connectivity index (χ1n) is 11.2. The van der Waals surface area contributed by atoms with Crippen LogP contribution in [0, 0.1) is 11.7 Å². The predicted molar refractivity (Wildman–Crippen MR) is 130 cm³/mol. The Kier molecular flexibility index (Phi) is 7.21. The summed E-state index contributed by atoms with van der Waals surface area (Å²) in [7, 11) is 0. The molecule has 3 atom stereocenters. The molecule has 0 amide bonds. The van der Waals surface area contributed by atoms with E-state index < -0.39 is 0 Å². The van der Waals surface area contributed by atoms with Crippen molar-refractivity contribution in [2.45, 2.75) is 37.8 Å². The van der Waals surface area contributed by atoms with E-state index in [2.05, 4.69) is 15.3 Å². The molecule has 1 aliphatic heterocycles. The van der Waals surface area contributed by atoms with Gasteiger partial charge in [0.2, 0.25) is 5.78 Å². The zero-order valence-corrected chi connectivity index (χ0v) is 20.0. The second-order valence-electron chi connectivity index (χ2n) is 8.60. The molecule has 7 nitrogen and oxygen atoms in total. The molecule has 1 fully saturated rings. The zero-order valence-electron chi connectivity index (χ0n) is 18.4. The summed E-state index contributed by atoms with van der Waals surface area (Å²) in [5.41, 5.74) is 3.18. The number of ketones is 1. The molecule has 34 heavy (non-hydrogen) atoms. The van der Waals surface area contributed by atoms with Gasteiger partial charge in [0.25, 0.3) is 0 Å². The van der Waals surface area contributed by atoms with Crippen LogP contribution in [-0.4, -0.2) is 35.0 Å². The molecule has 1 aromatic carbocycles. The molecule has 3 aromatic rings. The molecule has 0 radical (unpaired) electrons. The molecule has 1 aliphatic carbocycles. The van der Waals surface area contributed by atoms with Crippen LogP contribution in [-0.2, 0) is 15.3 Å². The monoisotopic (exact) mass is 500 g/mol. The van der Waals surface area contributed by atoms with Gasteiger partial charge in [-0.15, -0.1) is 11.3 Å². The summed E-state index contributed by atoms with van der Waals surface area (Å²) in [6.45, 7) is 1.17. The van der Waals surface area contributed by atoms with Gasteiger partial charge in [-0.1, -0.05) is 6.07 Å². The van der Waals surface area contributed by atoms with Crippen LogP contribution in [0.15, 0.2) is 42.2 Å². The number of nitrogens with two attached hydrogens (primary N) is 1. The predicted octanol–water partition coefficient (Wildman–Crippen LogP) is 4.69. The van der Waals surface area contributed by atoms with Gasteiger partial charge in [-0.25, -0.2) is 14.4 Å². The molecular weight excluding hydrogens is 475 g/mol. The number of anilines is 1. The number of thiophene rings is 1. The lowest BCUT2D eigenvalue weighted by Crippen LogP contribution is -2.20. The molecule has 3 N–H and O–H groups in total. The molecule has 178 valence electrons. The number of halogens is 1. The normalized spacial score (nSPS) is 21.9. The Morgan fingerprint density at radius 2 is 2.26 bits per heavy atom. The van der Waals surface area contributed by atoms with E-state index in [0.717, 1.165) is 54.6 Å². The highest BCUT2D eigenvalue weighted by molar-refractivity contribution is 7.92. The number of benzene rings is 1. The van der Waals surface area contributed by atoms with Crippen LogP contribution in [0.2, 0.25) is 0 Å². The molecule has 1 saturated carbocycles. The van der Waals surface area contributed by atoms with E-state index in [1.165, 1.54) is 29.8 Å². The van der Waals surface area contributed by atoms with Crippen LogP contribution in [0.5, 0.6) is 0 Å². The second kappa shape index (κ2) is 10.5. The SMILES string of the molecule is NSOC[C@@H]1CC[C@H](Nc2ncncc2C(=O)c2cc(C3OCCc4ccc(F)cc43)cs2)C1. The maximum Gasteiger partial charge on any atom is 0.208 e. The van der Waals surface area contributed by atoms with Gasteiger partial charge >= 0.3 is 0 Å². The fourth-order valence-electron chi connectivity index (χ4n) is 4.73. The maximum atomic E-state index is 13.9. The van der Waals surface area contributed by atoms with Gasteiger partial charge in [-0.2, -0.15) is 0 Å². The van der Waals surface area contributed by atoms with E-state index in [1.54, 1.807) is 6.20 Å². The fraction of sp³-hybridized carbons (Fsp3) is 0.375. The Bertz CT molecular complexity index is 1170. The number of hydrogen-bond donors (Lipinski definition) is 2. The molecule has 1 unspecified atom stereocenters. The third-order valence-corrected chi connectivity index (χ3v) is 7.62. The van der Waals surface area contributed by atoms with Crippen molar-refractivity contribution in [1.29, 1.82) is 0 Å². The Balaban J connectivity index is 1.33. The highest BCUT2D eigenvalue weighted by atomic mass is 32.2. The summed E-state index contributed by atoms with van der Waals surface area (Å²) >= 11 is 2.24. The molecule has 3 heterocycles. The minimum atomic E-state index is -0.383. The molecule has 0 bridgehead atoms. The number of nitrogens with zero attached hydrogens (tertiary/aromatic N) is 2. The number of hydrogen-bond acceptors (Lipinski definition) is 9. The third kappa shape index (κ3) is 5.01. The minimum absolute atomic E-state index is 0.146. The highest BCUT2D eigenvalue weighted by Gasteiger charge is 2.28. The van der Waals surface area contributed by atoms with Crippen LogP contribution in [0.4, 0.5) is 10.2 Å². The van der Waals surface area contributed by atoms with E-state index in [9.17, 15) is 9.18 Å². The summed E-state index contributed by atoms with van der Waals surface area (Å²) < 4.78 is 25.1. The Hall–Kier alpha value is -2.37. The molecule has 0 saturated heterocycles. The van der Waals surface area contributed by atoms with E-state index in [-0.39, 0.29) is 23.7 Å². The van der Waals surface area contributed by atoms with Crippen LogP contribution in [0.1, 0.15) is 57.3 Å². The molecule has 10 heteroatoms. The second-order valence-corrected chi connectivity index (χ2v) is 9.94. The Morgan fingerprint density at radius 1 is 1.35 bits per heavy atom. The van der Waals surface area contributed by atoms with Crippen molar-refractivity contribution >= 4 is 35.2 Å². The number of nitrogens with one attached hydrogen (secondary N) is 1. The third-order valence-electron chi connectivity index (χ3n) is 6.40. The van der Waals surface area contributed by atoms with E-state index in [0.29, 0.717) is 35.4 Å². The number of rotatable bonds is 8. The van der Waals surface area contributed by atoms with Crippen LogP contribution < -0.4 is 10.5 Å². The zero-order chi connectivity index (χ0) is 23.5. The summed E-state index contributed by atoms with van der Waals surface area (Å²) in [4.78, 5) is 22.4. The highest BCUT2D eigenvalue weighted by Crippen LogP contribution is 2.36. The van der Waals surface area contributed by atoms with Crippen LogP contribution in [0.3, 0.4) is 0 Å².